The van der Waals surface area contributed by atoms with Crippen LogP contribution in [0.15, 0.2) is 0 Å². The van der Waals surface area contributed by atoms with Crippen molar-refractivity contribution in [3.8, 4) is 0 Å². The first-order valence-electron chi connectivity index (χ1n) is 3.51. The molecular weight excluding hydrogens is 146 g/mol. The molecule has 0 bridgehead atoms. The molecule has 0 spiro atoms. The summed E-state index contributed by atoms with van der Waals surface area (Å²) < 4.78 is 0. The summed E-state index contributed by atoms with van der Waals surface area (Å²) in [5.41, 5.74) is 5.83. The summed E-state index contributed by atoms with van der Waals surface area (Å²) in [6, 6.07) is 0. The van der Waals surface area contributed by atoms with Gasteiger partial charge in [-0.05, 0) is 19.3 Å². The minimum Gasteiger partial charge on any atom is -0.386 e. The van der Waals surface area contributed by atoms with Crippen LogP contribution in [-0.2, 0) is 0 Å². The first kappa shape index (κ1) is 10.3. The van der Waals surface area contributed by atoms with Crippen LogP contribution in [0.25, 0.3) is 0 Å². The van der Waals surface area contributed by atoms with Crippen LogP contribution in [0.2, 0.25) is 0 Å². The molecule has 2 nitrogen and oxygen atoms in total. The predicted molar refractivity (Wildman–Crippen MR) is 46.7 cm³/mol. The van der Waals surface area contributed by atoms with Gasteiger partial charge in [-0.3, -0.25) is 0 Å². The van der Waals surface area contributed by atoms with E-state index in [4.69, 9.17) is 10.8 Å². The highest BCUT2D eigenvalue weighted by atomic mass is 32.2. The lowest BCUT2D eigenvalue weighted by Gasteiger charge is -2.24. The van der Waals surface area contributed by atoms with Gasteiger partial charge in [-0.2, -0.15) is 0 Å². The zero-order valence-electron chi connectivity index (χ0n) is 6.92. The molecular formula is C7H17NOS. The Bertz CT molecular complexity index is 93.6. The molecule has 3 N–H and O–H groups in total. The quantitative estimate of drug-likeness (QED) is 0.616. The third-order valence-electron chi connectivity index (χ3n) is 1.21. The third kappa shape index (κ3) is 5.09. The van der Waals surface area contributed by atoms with E-state index < -0.39 is 0 Å². The summed E-state index contributed by atoms with van der Waals surface area (Å²) in [7, 11) is 0. The van der Waals surface area contributed by atoms with Crippen LogP contribution in [-0.4, -0.2) is 15.9 Å². The van der Waals surface area contributed by atoms with Gasteiger partial charge >= 0.3 is 0 Å². The van der Waals surface area contributed by atoms with E-state index in [9.17, 15) is 0 Å². The van der Waals surface area contributed by atoms with Gasteiger partial charge in [-0.25, -0.2) is 0 Å². The van der Waals surface area contributed by atoms with Crippen LogP contribution in [0, 0.1) is 5.92 Å². The molecule has 0 radical (unpaired) electrons. The fraction of sp³-hybridized carbons (Fsp3) is 1.00. The molecule has 0 heterocycles. The Morgan fingerprint density at radius 3 is 2.40 bits per heavy atom. The van der Waals surface area contributed by atoms with Crippen LogP contribution in [0.4, 0.5) is 0 Å². The second-order valence-electron chi connectivity index (χ2n) is 3.18. The number of rotatable bonds is 4. The number of hydrogen-bond donors (Lipinski definition) is 2. The van der Waals surface area contributed by atoms with E-state index in [1.54, 1.807) is 0 Å². The molecule has 0 saturated carbocycles. The number of thioether (sulfide) groups is 1. The Hall–Kier alpha value is 0.270. The van der Waals surface area contributed by atoms with Crippen molar-refractivity contribution >= 4 is 11.8 Å². The van der Waals surface area contributed by atoms with Crippen LogP contribution >= 0.6 is 11.8 Å². The highest BCUT2D eigenvalue weighted by molar-refractivity contribution is 8.00. The van der Waals surface area contributed by atoms with Gasteiger partial charge < -0.3 is 10.8 Å². The number of nitrogens with two attached hydrogens (primary N) is 1. The lowest BCUT2D eigenvalue weighted by atomic mass is 10.1. The van der Waals surface area contributed by atoms with Gasteiger partial charge in [0.05, 0.1) is 10.8 Å². The lowest BCUT2D eigenvalue weighted by Crippen LogP contribution is -2.33. The zero-order valence-corrected chi connectivity index (χ0v) is 7.74. The maximum absolute atomic E-state index is 8.60. The van der Waals surface area contributed by atoms with E-state index in [1.165, 1.54) is 11.8 Å². The smallest absolute Gasteiger partial charge is 0.0904 e. The Balaban J connectivity index is 3.63. The molecule has 3 heteroatoms. The molecule has 0 amide bonds. The van der Waals surface area contributed by atoms with Gasteiger partial charge in [0, 0.05) is 0 Å². The van der Waals surface area contributed by atoms with Gasteiger partial charge in [-0.1, -0.05) is 13.8 Å². The van der Waals surface area contributed by atoms with Crippen molar-refractivity contribution in [3.63, 3.8) is 0 Å². The molecule has 0 aliphatic carbocycles. The molecule has 0 aromatic heterocycles. The molecule has 0 fully saturated rings. The molecule has 0 aliphatic heterocycles. The van der Waals surface area contributed by atoms with Gasteiger partial charge in [0.25, 0.3) is 0 Å². The molecule has 0 aromatic carbocycles. The molecule has 0 unspecified atom stereocenters. The maximum Gasteiger partial charge on any atom is 0.0904 e. The Morgan fingerprint density at radius 1 is 1.60 bits per heavy atom. The van der Waals surface area contributed by atoms with E-state index >= 15 is 0 Å². The monoisotopic (exact) mass is 163 g/mol. The summed E-state index contributed by atoms with van der Waals surface area (Å²) >= 11 is 1.40. The normalized spacial score (nSPS) is 17.4. The van der Waals surface area contributed by atoms with E-state index in [-0.39, 0.29) is 10.8 Å². The van der Waals surface area contributed by atoms with Crippen LogP contribution in [0.1, 0.15) is 27.2 Å². The van der Waals surface area contributed by atoms with Gasteiger partial charge in [0.2, 0.25) is 0 Å². The average molecular weight is 163 g/mol. The minimum atomic E-state index is -0.261. The summed E-state index contributed by atoms with van der Waals surface area (Å²) in [5.74, 6) is 0.703. The molecule has 62 valence electrons. The van der Waals surface area contributed by atoms with Crippen molar-refractivity contribution in [1.29, 1.82) is 0 Å². The molecule has 0 rings (SSSR count). The second kappa shape index (κ2) is 4.21. The summed E-state index contributed by atoms with van der Waals surface area (Å²) in [4.78, 5) is -0.261. The first-order chi connectivity index (χ1) is 4.48. The largest absolute Gasteiger partial charge is 0.386 e. The molecule has 0 aromatic rings. The van der Waals surface area contributed by atoms with Gasteiger partial charge in [0.1, 0.15) is 0 Å². The second-order valence-corrected chi connectivity index (χ2v) is 4.66. The molecule has 1 atom stereocenters. The molecule has 0 aliphatic rings. The van der Waals surface area contributed by atoms with Crippen molar-refractivity contribution < 1.29 is 5.11 Å². The Labute approximate surface area is 67.2 Å². The lowest BCUT2D eigenvalue weighted by molar-refractivity contribution is 0.370. The highest BCUT2D eigenvalue weighted by Crippen LogP contribution is 2.25. The van der Waals surface area contributed by atoms with Gasteiger partial charge in [-0.15, -0.1) is 11.8 Å². The predicted octanol–water partition coefficient (Wildman–Crippen LogP) is 1.39. The topological polar surface area (TPSA) is 46.2 Å². The summed E-state index contributed by atoms with van der Waals surface area (Å²) in [6.45, 7) is 6.21. The van der Waals surface area contributed by atoms with Crippen LogP contribution in [0.5, 0.6) is 0 Å². The SMILES string of the molecule is CC(C)C[C@](C)(N)SCO. The average Bonchev–Trinajstić information content (AvgIpc) is 1.59. The maximum atomic E-state index is 8.60. The van der Waals surface area contributed by atoms with E-state index in [0.717, 1.165) is 6.42 Å². The van der Waals surface area contributed by atoms with Crippen molar-refractivity contribution in [3.05, 3.63) is 0 Å². The van der Waals surface area contributed by atoms with E-state index in [0.29, 0.717) is 5.92 Å². The minimum absolute atomic E-state index is 0.111. The molecule has 10 heavy (non-hydrogen) atoms. The molecule has 0 saturated heterocycles. The van der Waals surface area contributed by atoms with Crippen molar-refractivity contribution in [2.75, 3.05) is 5.94 Å². The van der Waals surface area contributed by atoms with Crippen LogP contribution < -0.4 is 5.73 Å². The Kier molecular flexibility index (Phi) is 4.32. The summed E-state index contributed by atoms with van der Waals surface area (Å²) in [6.07, 6.45) is 0.943. The standard InChI is InChI=1S/C7H17NOS/c1-6(2)4-7(3,8)10-5-9/h6,9H,4-5,8H2,1-3H3/t7-/m1/s1. The number of hydrogen-bond acceptors (Lipinski definition) is 3. The van der Waals surface area contributed by atoms with E-state index in [1.807, 2.05) is 6.92 Å². The fourth-order valence-corrected chi connectivity index (χ4v) is 1.76. The highest BCUT2D eigenvalue weighted by Gasteiger charge is 2.19. The number of aliphatic hydroxyl groups is 1. The van der Waals surface area contributed by atoms with E-state index in [2.05, 4.69) is 13.8 Å². The number of aliphatic hydroxyl groups excluding tert-OH is 1. The fourth-order valence-electron chi connectivity index (χ4n) is 1.02. The summed E-state index contributed by atoms with van der Waals surface area (Å²) in [5, 5.41) is 8.60. The first-order valence-corrected chi connectivity index (χ1v) is 4.50. The Morgan fingerprint density at radius 2 is 2.10 bits per heavy atom. The van der Waals surface area contributed by atoms with Gasteiger partial charge in [0.15, 0.2) is 0 Å². The zero-order chi connectivity index (χ0) is 8.20. The van der Waals surface area contributed by atoms with Crippen molar-refractivity contribution in [2.24, 2.45) is 11.7 Å². The van der Waals surface area contributed by atoms with Crippen LogP contribution in [0.3, 0.4) is 0 Å². The van der Waals surface area contributed by atoms with Crippen molar-refractivity contribution in [1.82, 2.24) is 0 Å². The van der Waals surface area contributed by atoms with Crippen molar-refractivity contribution in [2.45, 2.75) is 32.1 Å². The third-order valence-corrected chi connectivity index (χ3v) is 2.16.